The number of fused-ring (bicyclic) bond motifs is 3. The van der Waals surface area contributed by atoms with Crippen LogP contribution in [0.4, 0.5) is 5.69 Å². The summed E-state index contributed by atoms with van der Waals surface area (Å²) in [6.07, 6.45) is 3.98. The fourth-order valence-corrected chi connectivity index (χ4v) is 4.48. The Balaban J connectivity index is 1.91. The van der Waals surface area contributed by atoms with E-state index >= 15 is 0 Å². The van der Waals surface area contributed by atoms with Crippen LogP contribution in [-0.4, -0.2) is 25.2 Å². The first-order chi connectivity index (χ1) is 13.1. The number of benzene rings is 2. The van der Waals surface area contributed by atoms with Gasteiger partial charge in [0.1, 0.15) is 17.6 Å². The summed E-state index contributed by atoms with van der Waals surface area (Å²) in [5.41, 5.74) is 2.89. The second kappa shape index (κ2) is 7.19. The SMILES string of the molecule is COc1ccc(OC)c2c1[C@@H](c1cccc([N+](=O)[O-])c1)O[C@H]1CCCC[C@@H]21. The molecule has 0 bridgehead atoms. The van der Waals surface area contributed by atoms with Gasteiger partial charge in [0, 0.05) is 29.2 Å². The van der Waals surface area contributed by atoms with Crippen LogP contribution in [0.15, 0.2) is 36.4 Å². The minimum atomic E-state index is -0.413. The van der Waals surface area contributed by atoms with Crippen LogP contribution in [0.3, 0.4) is 0 Å². The Morgan fingerprint density at radius 2 is 1.74 bits per heavy atom. The third-order valence-electron chi connectivity index (χ3n) is 5.68. The average Bonchev–Trinajstić information content (AvgIpc) is 2.72. The van der Waals surface area contributed by atoms with Crippen molar-refractivity contribution in [2.75, 3.05) is 14.2 Å². The summed E-state index contributed by atoms with van der Waals surface area (Å²) < 4.78 is 17.9. The number of hydrogen-bond acceptors (Lipinski definition) is 5. The zero-order chi connectivity index (χ0) is 19.0. The molecule has 6 nitrogen and oxygen atoms in total. The largest absolute Gasteiger partial charge is 0.496 e. The van der Waals surface area contributed by atoms with E-state index in [0.29, 0.717) is 0 Å². The predicted octanol–water partition coefficient (Wildman–Crippen LogP) is 4.76. The summed E-state index contributed by atoms with van der Waals surface area (Å²) in [5.74, 6) is 1.82. The van der Waals surface area contributed by atoms with E-state index in [9.17, 15) is 10.1 Å². The summed E-state index contributed by atoms with van der Waals surface area (Å²) in [7, 11) is 3.32. The molecule has 1 saturated carbocycles. The molecule has 4 rings (SSSR count). The summed E-state index contributed by atoms with van der Waals surface area (Å²) in [4.78, 5) is 10.9. The molecule has 2 aliphatic rings. The van der Waals surface area contributed by atoms with E-state index in [1.54, 1.807) is 26.4 Å². The van der Waals surface area contributed by atoms with Gasteiger partial charge in [0.2, 0.25) is 0 Å². The molecule has 0 spiro atoms. The first-order valence-electron chi connectivity index (χ1n) is 9.28. The molecule has 0 aromatic heterocycles. The summed E-state index contributed by atoms with van der Waals surface area (Å²) >= 11 is 0. The van der Waals surface area contributed by atoms with E-state index in [2.05, 4.69) is 0 Å². The standard InChI is InChI=1S/C21H23NO5/c1-25-17-10-11-18(26-2)20-19(17)15-8-3-4-9-16(15)27-21(20)13-6-5-7-14(12-13)22(23)24/h5-7,10-12,15-16,21H,3-4,8-9H2,1-2H3/t15-,16+,21-/m1/s1. The van der Waals surface area contributed by atoms with Crippen LogP contribution in [0, 0.1) is 10.1 Å². The van der Waals surface area contributed by atoms with Crippen LogP contribution in [0.25, 0.3) is 0 Å². The third-order valence-corrected chi connectivity index (χ3v) is 5.68. The Bertz CT molecular complexity index is 866. The summed E-state index contributed by atoms with van der Waals surface area (Å²) in [5, 5.41) is 11.3. The molecule has 1 aliphatic heterocycles. The smallest absolute Gasteiger partial charge is 0.269 e. The molecule has 2 aromatic carbocycles. The molecular weight excluding hydrogens is 346 g/mol. The highest BCUT2D eigenvalue weighted by atomic mass is 16.6. The lowest BCUT2D eigenvalue weighted by molar-refractivity contribution is -0.385. The van der Waals surface area contributed by atoms with Crippen LogP contribution in [0.5, 0.6) is 11.5 Å². The number of hydrogen-bond donors (Lipinski definition) is 0. The van der Waals surface area contributed by atoms with Crippen molar-refractivity contribution in [3.05, 3.63) is 63.2 Å². The van der Waals surface area contributed by atoms with Gasteiger partial charge in [0.25, 0.3) is 5.69 Å². The Morgan fingerprint density at radius 3 is 2.44 bits per heavy atom. The molecule has 0 unspecified atom stereocenters. The van der Waals surface area contributed by atoms with Gasteiger partial charge in [-0.3, -0.25) is 10.1 Å². The number of methoxy groups -OCH3 is 2. The average molecular weight is 369 g/mol. The summed E-state index contributed by atoms with van der Waals surface area (Å²) in [6, 6.07) is 10.5. The number of nitrogens with zero attached hydrogens (tertiary/aromatic N) is 1. The maximum Gasteiger partial charge on any atom is 0.269 e. The van der Waals surface area contributed by atoms with Crippen LogP contribution in [-0.2, 0) is 4.74 Å². The van der Waals surface area contributed by atoms with E-state index in [1.165, 1.54) is 6.07 Å². The quantitative estimate of drug-likeness (QED) is 0.574. The molecule has 1 fully saturated rings. The van der Waals surface area contributed by atoms with Crippen LogP contribution >= 0.6 is 0 Å². The second-order valence-corrected chi connectivity index (χ2v) is 7.10. The molecule has 6 heteroatoms. The van der Waals surface area contributed by atoms with Gasteiger partial charge in [0.15, 0.2) is 0 Å². The molecule has 27 heavy (non-hydrogen) atoms. The van der Waals surface area contributed by atoms with E-state index in [1.807, 2.05) is 18.2 Å². The Kier molecular flexibility index (Phi) is 4.74. The Labute approximate surface area is 158 Å². The molecule has 0 saturated heterocycles. The fourth-order valence-electron chi connectivity index (χ4n) is 4.48. The highest BCUT2D eigenvalue weighted by molar-refractivity contribution is 5.56. The van der Waals surface area contributed by atoms with Crippen molar-refractivity contribution in [3.63, 3.8) is 0 Å². The van der Waals surface area contributed by atoms with Gasteiger partial charge < -0.3 is 14.2 Å². The third kappa shape index (κ3) is 3.04. The van der Waals surface area contributed by atoms with E-state index < -0.39 is 6.10 Å². The van der Waals surface area contributed by atoms with Gasteiger partial charge in [-0.05, 0) is 30.5 Å². The molecule has 0 radical (unpaired) electrons. The Morgan fingerprint density at radius 1 is 1.04 bits per heavy atom. The van der Waals surface area contributed by atoms with Gasteiger partial charge in [-0.1, -0.05) is 25.0 Å². The topological polar surface area (TPSA) is 70.8 Å². The lowest BCUT2D eigenvalue weighted by Gasteiger charge is -2.42. The first kappa shape index (κ1) is 17.8. The van der Waals surface area contributed by atoms with Gasteiger partial charge in [-0.15, -0.1) is 0 Å². The molecular formula is C21H23NO5. The van der Waals surface area contributed by atoms with Gasteiger partial charge in [-0.25, -0.2) is 0 Å². The van der Waals surface area contributed by atoms with E-state index in [-0.39, 0.29) is 22.6 Å². The highest BCUT2D eigenvalue weighted by Crippen LogP contribution is 2.52. The predicted molar refractivity (Wildman–Crippen MR) is 101 cm³/mol. The molecule has 1 heterocycles. The van der Waals surface area contributed by atoms with Gasteiger partial charge >= 0.3 is 0 Å². The number of rotatable bonds is 4. The van der Waals surface area contributed by atoms with Gasteiger partial charge in [-0.2, -0.15) is 0 Å². The number of ether oxygens (including phenoxy) is 3. The van der Waals surface area contributed by atoms with Crippen LogP contribution in [0.2, 0.25) is 0 Å². The van der Waals surface area contributed by atoms with Crippen molar-refractivity contribution >= 4 is 5.69 Å². The normalized spacial score (nSPS) is 23.9. The minimum absolute atomic E-state index is 0.0604. The lowest BCUT2D eigenvalue weighted by Crippen LogP contribution is -2.34. The fraction of sp³-hybridized carbons (Fsp3) is 0.429. The lowest BCUT2D eigenvalue weighted by atomic mass is 9.75. The molecule has 3 atom stereocenters. The van der Waals surface area contributed by atoms with Crippen molar-refractivity contribution in [2.45, 2.75) is 43.8 Å². The zero-order valence-corrected chi connectivity index (χ0v) is 15.5. The molecule has 0 N–H and O–H groups in total. The zero-order valence-electron chi connectivity index (χ0n) is 15.5. The van der Waals surface area contributed by atoms with Gasteiger partial charge in [0.05, 0.1) is 25.2 Å². The van der Waals surface area contributed by atoms with Crippen molar-refractivity contribution in [1.29, 1.82) is 0 Å². The van der Waals surface area contributed by atoms with E-state index in [0.717, 1.165) is 53.9 Å². The van der Waals surface area contributed by atoms with Crippen molar-refractivity contribution < 1.29 is 19.1 Å². The molecule has 0 amide bonds. The maximum absolute atomic E-state index is 11.3. The highest BCUT2D eigenvalue weighted by Gasteiger charge is 2.41. The molecule has 1 aliphatic carbocycles. The van der Waals surface area contributed by atoms with Crippen molar-refractivity contribution in [1.82, 2.24) is 0 Å². The monoisotopic (exact) mass is 369 g/mol. The minimum Gasteiger partial charge on any atom is -0.496 e. The Hall–Kier alpha value is -2.60. The number of nitro groups is 1. The van der Waals surface area contributed by atoms with Crippen molar-refractivity contribution in [3.8, 4) is 11.5 Å². The van der Waals surface area contributed by atoms with E-state index in [4.69, 9.17) is 14.2 Å². The summed E-state index contributed by atoms with van der Waals surface area (Å²) in [6.45, 7) is 0. The van der Waals surface area contributed by atoms with Crippen LogP contribution in [0.1, 0.15) is 54.4 Å². The maximum atomic E-state index is 11.3. The number of non-ortho nitro benzene ring substituents is 1. The second-order valence-electron chi connectivity index (χ2n) is 7.10. The first-order valence-corrected chi connectivity index (χ1v) is 9.28. The molecule has 142 valence electrons. The van der Waals surface area contributed by atoms with Crippen molar-refractivity contribution in [2.24, 2.45) is 0 Å². The number of nitro benzene ring substituents is 1. The van der Waals surface area contributed by atoms with Crippen LogP contribution < -0.4 is 9.47 Å². The molecule has 2 aromatic rings.